The summed E-state index contributed by atoms with van der Waals surface area (Å²) in [5.41, 5.74) is 0.822. The van der Waals surface area contributed by atoms with Gasteiger partial charge in [0.05, 0.1) is 70.7 Å². The van der Waals surface area contributed by atoms with Gasteiger partial charge < -0.3 is 24.2 Å². The number of carbonyl (C=O) groups excluding carboxylic acids is 4. The number of methoxy groups -OCH3 is 3. The van der Waals surface area contributed by atoms with Crippen molar-refractivity contribution in [3.8, 4) is 23.0 Å². The summed E-state index contributed by atoms with van der Waals surface area (Å²) >= 11 is 12.7. The van der Waals surface area contributed by atoms with Gasteiger partial charge in [-0.05, 0) is 72.4 Å². The van der Waals surface area contributed by atoms with E-state index in [4.69, 9.17) is 37.4 Å². The summed E-state index contributed by atoms with van der Waals surface area (Å²) in [5, 5.41) is 36.7. The predicted octanol–water partition coefficient (Wildman–Crippen LogP) is 7.34. The number of allylic oxidation sites excluding steroid dienone is 3. The maximum Gasteiger partial charge on any atom is 0.301 e. The van der Waals surface area contributed by atoms with Crippen LogP contribution < -0.4 is 29.4 Å². The third kappa shape index (κ3) is 7.03. The topological polar surface area (TPSA) is 224 Å². The quantitative estimate of drug-likeness (QED) is 0.0614. The van der Waals surface area contributed by atoms with Gasteiger partial charge in [-0.3, -0.25) is 44.8 Å². The van der Waals surface area contributed by atoms with Crippen LogP contribution in [0.3, 0.4) is 0 Å². The first-order chi connectivity index (χ1) is 31.0. The second kappa shape index (κ2) is 16.7. The number of nitrogens with zero attached hydrogens (tertiary/aromatic N) is 5. The molecule has 2 saturated heterocycles. The molecule has 6 atom stereocenters. The Balaban J connectivity index is 1.32. The van der Waals surface area contributed by atoms with Gasteiger partial charge in [-0.2, -0.15) is 5.01 Å². The number of rotatable bonds is 12. The number of ether oxygens (including phenoxy) is 3. The van der Waals surface area contributed by atoms with Crippen LogP contribution in [0.4, 0.5) is 28.4 Å². The molecule has 4 aromatic rings. The van der Waals surface area contributed by atoms with Crippen molar-refractivity contribution < 1.29 is 48.3 Å². The first kappa shape index (κ1) is 44.4. The number of amides is 4. The molecule has 1 saturated carbocycles. The fourth-order valence-corrected chi connectivity index (χ4v) is 10.5. The number of fused-ring (bicyclic) bond motifs is 4. The molecule has 8 rings (SSSR count). The number of imide groups is 2. The van der Waals surface area contributed by atoms with Gasteiger partial charge in [-0.1, -0.05) is 59.1 Å². The molecule has 65 heavy (non-hydrogen) atoms. The summed E-state index contributed by atoms with van der Waals surface area (Å²) < 4.78 is 16.3. The zero-order valence-electron chi connectivity index (χ0n) is 35.3. The molecule has 2 aliphatic heterocycles. The van der Waals surface area contributed by atoms with Crippen molar-refractivity contribution >= 4 is 81.3 Å². The van der Waals surface area contributed by atoms with E-state index in [0.29, 0.717) is 27.5 Å². The largest absolute Gasteiger partial charge is 0.502 e. The van der Waals surface area contributed by atoms with Crippen LogP contribution in [0.25, 0.3) is 6.08 Å². The van der Waals surface area contributed by atoms with Gasteiger partial charge in [-0.15, -0.1) is 0 Å². The van der Waals surface area contributed by atoms with Crippen molar-refractivity contribution in [2.45, 2.75) is 18.3 Å². The maximum absolute atomic E-state index is 15.5. The zero-order chi connectivity index (χ0) is 46.8. The molecule has 4 aromatic carbocycles. The fourth-order valence-electron chi connectivity index (χ4n) is 10.0. The molecule has 0 aromatic heterocycles. The Morgan fingerprint density at radius 2 is 1.48 bits per heavy atom. The van der Waals surface area contributed by atoms with E-state index in [0.717, 1.165) is 22.0 Å². The minimum Gasteiger partial charge on any atom is -0.502 e. The first-order valence-electron chi connectivity index (χ1n) is 20.1. The molecule has 2 N–H and O–H groups in total. The van der Waals surface area contributed by atoms with E-state index < -0.39 is 79.9 Å². The molecule has 2 aliphatic carbocycles. The Bertz CT molecular complexity index is 2720. The highest BCUT2D eigenvalue weighted by Crippen LogP contribution is 2.62. The lowest BCUT2D eigenvalue weighted by molar-refractivity contribution is -0.392. The number of hydrazine groups is 1. The van der Waals surface area contributed by atoms with Crippen LogP contribution in [0.2, 0.25) is 10.0 Å². The number of carbonyl (C=O) groups is 4. The van der Waals surface area contributed by atoms with Crippen molar-refractivity contribution in [2.24, 2.45) is 29.6 Å². The van der Waals surface area contributed by atoms with E-state index in [9.17, 15) is 34.9 Å². The highest BCUT2D eigenvalue weighted by atomic mass is 35.5. The van der Waals surface area contributed by atoms with Crippen LogP contribution >= 0.6 is 23.2 Å². The van der Waals surface area contributed by atoms with E-state index in [-0.39, 0.29) is 52.2 Å². The normalized spacial score (nSPS) is 23.5. The number of nitro groups is 2. The molecule has 0 bridgehead atoms. The minimum atomic E-state index is -1.71. The van der Waals surface area contributed by atoms with Gasteiger partial charge in [-0.25, -0.2) is 4.90 Å². The van der Waals surface area contributed by atoms with Crippen LogP contribution in [0.15, 0.2) is 84.5 Å². The van der Waals surface area contributed by atoms with E-state index in [1.54, 1.807) is 54.6 Å². The number of benzene rings is 4. The van der Waals surface area contributed by atoms with Crippen LogP contribution in [-0.2, 0) is 24.6 Å². The fraction of sp³-hybridized carbons (Fsp3) is 0.289. The molecule has 336 valence electrons. The highest BCUT2D eigenvalue weighted by molar-refractivity contribution is 6.36. The van der Waals surface area contributed by atoms with E-state index in [2.05, 4.69) is 5.43 Å². The van der Waals surface area contributed by atoms with Gasteiger partial charge in [0, 0.05) is 37.2 Å². The molecular formula is C45H40Cl2N6O12. The third-order valence-electron chi connectivity index (χ3n) is 12.8. The van der Waals surface area contributed by atoms with Crippen LogP contribution in [0.5, 0.6) is 23.0 Å². The number of hydrogen-bond donors (Lipinski definition) is 2. The molecule has 3 fully saturated rings. The third-order valence-corrected chi connectivity index (χ3v) is 13.3. The second-order valence-electron chi connectivity index (χ2n) is 16.1. The lowest BCUT2D eigenvalue weighted by Crippen LogP contribution is -2.54. The zero-order valence-corrected chi connectivity index (χ0v) is 36.8. The van der Waals surface area contributed by atoms with E-state index in [1.165, 1.54) is 58.5 Å². The number of phenolic OH excluding ortho intramolecular Hbond substituents is 1. The van der Waals surface area contributed by atoms with Crippen molar-refractivity contribution in [3.05, 3.63) is 126 Å². The lowest BCUT2D eigenvalue weighted by Gasteiger charge is -2.49. The number of hydrogen-bond acceptors (Lipinski definition) is 14. The molecule has 4 aliphatic rings. The van der Waals surface area contributed by atoms with Gasteiger partial charge in [0.2, 0.25) is 17.6 Å². The number of nitro benzene ring substituents is 2. The molecular weight excluding hydrogens is 887 g/mol. The van der Waals surface area contributed by atoms with Gasteiger partial charge >= 0.3 is 11.4 Å². The Morgan fingerprint density at radius 1 is 0.846 bits per heavy atom. The molecule has 20 heteroatoms. The average molecular weight is 928 g/mol. The molecule has 0 unspecified atom stereocenters. The monoisotopic (exact) mass is 926 g/mol. The smallest absolute Gasteiger partial charge is 0.301 e. The summed E-state index contributed by atoms with van der Waals surface area (Å²) in [6.07, 6.45) is 5.06. The predicted molar refractivity (Wildman–Crippen MR) is 238 cm³/mol. The van der Waals surface area contributed by atoms with Crippen LogP contribution in [-0.4, -0.2) is 79.0 Å². The van der Waals surface area contributed by atoms with Gasteiger partial charge in [0.1, 0.15) is 5.75 Å². The maximum atomic E-state index is 15.5. The Hall–Kier alpha value is -7.18. The number of aromatic hydroxyl groups is 1. The van der Waals surface area contributed by atoms with E-state index >= 15 is 9.59 Å². The van der Waals surface area contributed by atoms with Gasteiger partial charge in [0.25, 0.3) is 11.8 Å². The highest BCUT2D eigenvalue weighted by Gasteiger charge is 2.69. The Kier molecular flexibility index (Phi) is 11.4. The van der Waals surface area contributed by atoms with Crippen LogP contribution in [0, 0.1) is 49.8 Å². The van der Waals surface area contributed by atoms with Crippen molar-refractivity contribution in [1.29, 1.82) is 0 Å². The minimum absolute atomic E-state index is 0.0173. The molecule has 18 nitrogen and oxygen atoms in total. The van der Waals surface area contributed by atoms with Crippen molar-refractivity contribution in [2.75, 3.05) is 50.7 Å². The summed E-state index contributed by atoms with van der Waals surface area (Å²) in [7, 11) is 7.01. The standard InChI is InChI=1S/C45H40Cl2N6O12/c1-49(2)39-34(52(59)60)19-25(20-35(39)53(61)62)50-41(55)28-13-12-27-29(38(28)43(50)57)21-31-42(56)51(48-33-15-9-24(46)18-32(33)47)44(58)45(31,23-7-10-26(63-3)11-8-23)30(27)14-6-22-16-36(64-4)40(54)37(17-22)65-5/h6-12,14-20,28-31,38,48,54H,13,21H2,1-5H3/t28-,29+,30-,31-,38-,45-/m0/s1. The number of nitrogens with one attached hydrogen (secondary N) is 1. The molecule has 0 radical (unpaired) electrons. The van der Waals surface area contributed by atoms with Crippen molar-refractivity contribution in [1.82, 2.24) is 5.01 Å². The van der Waals surface area contributed by atoms with Crippen LogP contribution in [0.1, 0.15) is 24.0 Å². The SMILES string of the molecule is COc1ccc([C@@]23C(=O)N(Nc4ccc(Cl)cc4Cl)C(=O)[C@@H]2C[C@@H]2C(=CC[C@@H]4C(=O)N(c5cc([N+](=O)[O-])c(N(C)C)c([N+](=O)[O-])c5)C(=O)[C@@H]42)[C@@H]3C=Cc2cc(OC)c(O)c(OC)c2)cc1. The first-order valence-corrected chi connectivity index (χ1v) is 20.8. The molecule has 4 amide bonds. The molecule has 0 spiro atoms. The average Bonchev–Trinajstić information content (AvgIpc) is 3.66. The van der Waals surface area contributed by atoms with Gasteiger partial charge in [0.15, 0.2) is 17.2 Å². The summed E-state index contributed by atoms with van der Waals surface area (Å²) in [4.78, 5) is 85.0. The summed E-state index contributed by atoms with van der Waals surface area (Å²) in [6, 6.07) is 16.2. The summed E-state index contributed by atoms with van der Waals surface area (Å²) in [6.45, 7) is 0. The number of halogens is 2. The number of phenols is 1. The Labute approximate surface area is 380 Å². The lowest BCUT2D eigenvalue weighted by atomic mass is 9.50. The summed E-state index contributed by atoms with van der Waals surface area (Å²) in [5.74, 6) is -7.67. The number of anilines is 3. The molecule has 2 heterocycles. The second-order valence-corrected chi connectivity index (χ2v) is 17.0. The van der Waals surface area contributed by atoms with E-state index in [1.807, 2.05) is 0 Å². The Morgan fingerprint density at radius 3 is 2.03 bits per heavy atom. The van der Waals surface area contributed by atoms with Crippen molar-refractivity contribution in [3.63, 3.8) is 0 Å².